The Morgan fingerprint density at radius 3 is 2.86 bits per heavy atom. The minimum Gasteiger partial charge on any atom is -0.366 e. The number of anilines is 2. The van der Waals surface area contributed by atoms with Crippen LogP contribution < -0.4 is 16.0 Å². The van der Waals surface area contributed by atoms with Crippen molar-refractivity contribution in [2.75, 3.05) is 36.8 Å². The Morgan fingerprint density at radius 1 is 1.50 bits per heavy atom. The van der Waals surface area contributed by atoms with Crippen LogP contribution >= 0.6 is 0 Å². The van der Waals surface area contributed by atoms with Gasteiger partial charge in [0, 0.05) is 26.2 Å². The Bertz CT molecular complexity index is 360. The van der Waals surface area contributed by atoms with Crippen LogP contribution in [-0.2, 0) is 0 Å². The van der Waals surface area contributed by atoms with Crippen molar-refractivity contribution in [2.24, 2.45) is 0 Å². The third-order valence-electron chi connectivity index (χ3n) is 2.23. The molecule has 6 heteroatoms. The molecule has 1 saturated heterocycles. The van der Waals surface area contributed by atoms with Gasteiger partial charge in [0.05, 0.1) is 0 Å². The van der Waals surface area contributed by atoms with Crippen molar-refractivity contribution in [2.45, 2.75) is 0 Å². The first-order valence-corrected chi connectivity index (χ1v) is 4.44. The van der Waals surface area contributed by atoms with Crippen molar-refractivity contribution in [1.82, 2.24) is 10.5 Å². The molecule has 0 spiro atoms. The van der Waals surface area contributed by atoms with Gasteiger partial charge in [0.2, 0.25) is 5.88 Å². The van der Waals surface area contributed by atoms with Crippen LogP contribution in [0.4, 0.5) is 11.7 Å². The van der Waals surface area contributed by atoms with E-state index in [9.17, 15) is 0 Å². The maximum absolute atomic E-state index is 8.85. The quantitative estimate of drug-likeness (QED) is 0.627. The molecule has 0 unspecified atom stereocenters. The molecule has 14 heavy (non-hydrogen) atoms. The minimum absolute atomic E-state index is 0.0982. The van der Waals surface area contributed by atoms with E-state index >= 15 is 0 Å². The summed E-state index contributed by atoms with van der Waals surface area (Å²) in [6, 6.07) is 2.00. The minimum atomic E-state index is 0.0982. The number of hydrogen-bond donors (Lipinski definition) is 2. The molecular weight excluding hydrogens is 182 g/mol. The highest BCUT2D eigenvalue weighted by molar-refractivity contribution is 5.62. The van der Waals surface area contributed by atoms with Gasteiger partial charge in [-0.1, -0.05) is 5.16 Å². The van der Waals surface area contributed by atoms with Crippen LogP contribution in [-0.4, -0.2) is 31.3 Å². The zero-order valence-corrected chi connectivity index (χ0v) is 7.66. The number of aromatic nitrogens is 1. The molecule has 0 radical (unpaired) electrons. The molecule has 1 fully saturated rings. The molecule has 0 bridgehead atoms. The van der Waals surface area contributed by atoms with E-state index in [1.54, 1.807) is 0 Å². The number of hydrogen-bond acceptors (Lipinski definition) is 6. The van der Waals surface area contributed by atoms with Gasteiger partial charge >= 0.3 is 0 Å². The van der Waals surface area contributed by atoms with Gasteiger partial charge < -0.3 is 20.5 Å². The summed E-state index contributed by atoms with van der Waals surface area (Å²) in [5.41, 5.74) is 5.80. The van der Waals surface area contributed by atoms with Crippen LogP contribution in [0.3, 0.4) is 0 Å². The van der Waals surface area contributed by atoms with Gasteiger partial charge in [-0.3, -0.25) is 0 Å². The fourth-order valence-corrected chi connectivity index (χ4v) is 1.49. The second kappa shape index (κ2) is 3.55. The molecule has 74 valence electrons. The molecule has 1 aliphatic heterocycles. The van der Waals surface area contributed by atoms with Crippen molar-refractivity contribution in [3.8, 4) is 6.07 Å². The third kappa shape index (κ3) is 1.38. The topological polar surface area (TPSA) is 91.1 Å². The smallest absolute Gasteiger partial charge is 0.242 e. The fourth-order valence-electron chi connectivity index (χ4n) is 1.49. The predicted molar refractivity (Wildman–Crippen MR) is 50.7 cm³/mol. The van der Waals surface area contributed by atoms with E-state index in [2.05, 4.69) is 10.5 Å². The fraction of sp³-hybridized carbons (Fsp3) is 0.500. The second-order valence-corrected chi connectivity index (χ2v) is 3.09. The van der Waals surface area contributed by atoms with E-state index in [1.807, 2.05) is 11.0 Å². The number of nitrogens with zero attached hydrogens (tertiary/aromatic N) is 3. The van der Waals surface area contributed by atoms with Crippen molar-refractivity contribution in [3.05, 3.63) is 5.56 Å². The van der Waals surface area contributed by atoms with Crippen LogP contribution in [0.2, 0.25) is 0 Å². The lowest BCUT2D eigenvalue weighted by Crippen LogP contribution is -2.44. The van der Waals surface area contributed by atoms with Crippen LogP contribution in [0.15, 0.2) is 4.52 Å². The van der Waals surface area contributed by atoms with E-state index in [-0.39, 0.29) is 5.88 Å². The molecule has 0 aromatic carbocycles. The lowest BCUT2D eigenvalue weighted by molar-refractivity contribution is 0.432. The van der Waals surface area contributed by atoms with Crippen LogP contribution in [0.5, 0.6) is 0 Å². The number of piperazine rings is 1. The lowest BCUT2D eigenvalue weighted by atomic mass is 10.3. The third-order valence-corrected chi connectivity index (χ3v) is 2.23. The zero-order valence-electron chi connectivity index (χ0n) is 7.66. The molecule has 3 N–H and O–H groups in total. The SMILES string of the molecule is N#Cc1c(N2CCNCC2)noc1N. The summed E-state index contributed by atoms with van der Waals surface area (Å²) in [6.07, 6.45) is 0. The first-order valence-electron chi connectivity index (χ1n) is 4.44. The van der Waals surface area contributed by atoms with Crippen molar-refractivity contribution in [3.63, 3.8) is 0 Å². The summed E-state index contributed by atoms with van der Waals surface area (Å²) < 4.78 is 4.78. The Balaban J connectivity index is 2.26. The molecular formula is C8H11N5O. The van der Waals surface area contributed by atoms with Gasteiger partial charge in [0.15, 0.2) is 11.4 Å². The highest BCUT2D eigenvalue weighted by Crippen LogP contribution is 2.23. The Hall–Kier alpha value is -1.74. The first kappa shape index (κ1) is 8.84. The summed E-state index contributed by atoms with van der Waals surface area (Å²) in [5, 5.41) is 15.8. The van der Waals surface area contributed by atoms with Crippen LogP contribution in [0, 0.1) is 11.3 Å². The number of nitriles is 1. The molecule has 1 aliphatic rings. The van der Waals surface area contributed by atoms with E-state index in [0.29, 0.717) is 11.4 Å². The molecule has 0 amide bonds. The molecule has 2 heterocycles. The normalized spacial score (nSPS) is 16.6. The average Bonchev–Trinajstić information content (AvgIpc) is 2.61. The molecule has 0 atom stereocenters. The summed E-state index contributed by atoms with van der Waals surface area (Å²) in [4.78, 5) is 1.99. The van der Waals surface area contributed by atoms with Crippen molar-refractivity contribution < 1.29 is 4.52 Å². The van der Waals surface area contributed by atoms with Crippen LogP contribution in [0.25, 0.3) is 0 Å². The van der Waals surface area contributed by atoms with Crippen molar-refractivity contribution in [1.29, 1.82) is 5.26 Å². The maximum Gasteiger partial charge on any atom is 0.242 e. The van der Waals surface area contributed by atoms with Crippen LogP contribution in [0.1, 0.15) is 5.56 Å². The number of nitrogens with one attached hydrogen (secondary N) is 1. The van der Waals surface area contributed by atoms with Gasteiger partial charge in [0.1, 0.15) is 6.07 Å². The zero-order chi connectivity index (χ0) is 9.97. The number of rotatable bonds is 1. The highest BCUT2D eigenvalue weighted by atomic mass is 16.5. The summed E-state index contributed by atoms with van der Waals surface area (Å²) in [6.45, 7) is 3.41. The van der Waals surface area contributed by atoms with Gasteiger partial charge in [-0.2, -0.15) is 5.26 Å². The average molecular weight is 193 g/mol. The molecule has 6 nitrogen and oxygen atoms in total. The number of nitrogen functional groups attached to an aromatic ring is 1. The van der Waals surface area contributed by atoms with Crippen molar-refractivity contribution >= 4 is 11.7 Å². The molecule has 1 aromatic rings. The second-order valence-electron chi connectivity index (χ2n) is 3.09. The van der Waals surface area contributed by atoms with E-state index < -0.39 is 0 Å². The maximum atomic E-state index is 8.85. The van der Waals surface area contributed by atoms with Gasteiger partial charge in [-0.05, 0) is 0 Å². The molecule has 0 aliphatic carbocycles. The Morgan fingerprint density at radius 2 is 2.21 bits per heavy atom. The van der Waals surface area contributed by atoms with E-state index in [4.69, 9.17) is 15.5 Å². The monoisotopic (exact) mass is 193 g/mol. The summed E-state index contributed by atoms with van der Waals surface area (Å²) in [5.74, 6) is 0.660. The summed E-state index contributed by atoms with van der Waals surface area (Å²) >= 11 is 0. The Labute approximate surface area is 81.3 Å². The summed E-state index contributed by atoms with van der Waals surface area (Å²) in [7, 11) is 0. The molecule has 0 saturated carbocycles. The molecule has 1 aromatic heterocycles. The number of nitrogens with two attached hydrogens (primary N) is 1. The highest BCUT2D eigenvalue weighted by Gasteiger charge is 2.20. The van der Waals surface area contributed by atoms with Gasteiger partial charge in [0.25, 0.3) is 0 Å². The van der Waals surface area contributed by atoms with Gasteiger partial charge in [-0.25, -0.2) is 0 Å². The van der Waals surface area contributed by atoms with E-state index in [1.165, 1.54) is 0 Å². The standard InChI is InChI=1S/C8H11N5O/c9-5-6-7(10)14-12-8(6)13-3-1-11-2-4-13/h11H,1-4,10H2. The first-order chi connectivity index (χ1) is 6.83. The predicted octanol–water partition coefficient (Wildman–Crippen LogP) is -0.462. The Kier molecular flexibility index (Phi) is 2.24. The van der Waals surface area contributed by atoms with Gasteiger partial charge in [-0.15, -0.1) is 0 Å². The van der Waals surface area contributed by atoms with E-state index in [0.717, 1.165) is 26.2 Å². The molecule has 2 rings (SSSR count). The lowest BCUT2D eigenvalue weighted by Gasteiger charge is -2.26. The largest absolute Gasteiger partial charge is 0.366 e.